The number of fused-ring (bicyclic) bond motifs is 1. The average Bonchev–Trinajstić information content (AvgIpc) is 2.94. The fourth-order valence-electron chi connectivity index (χ4n) is 2.33. The van der Waals surface area contributed by atoms with Crippen LogP contribution in [-0.4, -0.2) is 39.9 Å². The molecule has 7 nitrogen and oxygen atoms in total. The molecule has 1 N–H and O–H groups in total. The van der Waals surface area contributed by atoms with E-state index in [1.165, 1.54) is 16.4 Å². The molecule has 0 spiro atoms. The minimum atomic E-state index is -3.80. The molecule has 1 aromatic heterocycles. The minimum Gasteiger partial charge on any atom is -0.478 e. The third kappa shape index (κ3) is 2.49. The molecule has 2 aromatic rings. The van der Waals surface area contributed by atoms with Crippen molar-refractivity contribution < 1.29 is 18.3 Å². The van der Waals surface area contributed by atoms with Crippen molar-refractivity contribution in [3.05, 3.63) is 47.0 Å². The molecule has 1 aromatic carbocycles. The second-order valence-electron chi connectivity index (χ2n) is 4.82. The van der Waals surface area contributed by atoms with E-state index in [0.717, 1.165) is 6.07 Å². The number of carbonyl (C=O) groups is 1. The summed E-state index contributed by atoms with van der Waals surface area (Å²) < 4.78 is 28.5. The van der Waals surface area contributed by atoms with E-state index < -0.39 is 16.0 Å². The summed E-state index contributed by atoms with van der Waals surface area (Å²) in [5.74, 6) is -0.613. The molecule has 9 heteroatoms. The number of hydrogen-bond acceptors (Lipinski definition) is 4. The summed E-state index contributed by atoms with van der Waals surface area (Å²) in [6.07, 6.45) is 3.42. The molecule has 0 saturated carbocycles. The van der Waals surface area contributed by atoms with E-state index in [1.807, 2.05) is 4.57 Å². The van der Waals surface area contributed by atoms with Gasteiger partial charge in [0.05, 0.1) is 22.0 Å². The van der Waals surface area contributed by atoms with Crippen LogP contribution >= 0.6 is 11.6 Å². The van der Waals surface area contributed by atoms with Crippen LogP contribution in [0.5, 0.6) is 0 Å². The Labute approximate surface area is 131 Å². The summed E-state index contributed by atoms with van der Waals surface area (Å²) in [4.78, 5) is 15.1. The summed E-state index contributed by atoms with van der Waals surface area (Å²) in [6.45, 7) is 0.963. The van der Waals surface area contributed by atoms with Crippen LogP contribution in [0.25, 0.3) is 0 Å². The molecule has 3 rings (SSSR count). The monoisotopic (exact) mass is 341 g/mol. The van der Waals surface area contributed by atoms with Crippen LogP contribution in [-0.2, 0) is 23.1 Å². The van der Waals surface area contributed by atoms with Gasteiger partial charge in [-0.3, -0.25) is 0 Å². The minimum absolute atomic E-state index is 0.000590. The van der Waals surface area contributed by atoms with Crippen molar-refractivity contribution in [2.24, 2.45) is 0 Å². The van der Waals surface area contributed by atoms with Crippen molar-refractivity contribution in [2.75, 3.05) is 6.54 Å². The number of hydrogen-bond donors (Lipinski definition) is 1. The second-order valence-corrected chi connectivity index (χ2v) is 7.17. The Kier molecular flexibility index (Phi) is 3.67. The van der Waals surface area contributed by atoms with E-state index in [9.17, 15) is 13.2 Å². The quantitative estimate of drug-likeness (QED) is 0.911. The first-order chi connectivity index (χ1) is 10.4. The predicted molar refractivity (Wildman–Crippen MR) is 78.2 cm³/mol. The Morgan fingerprint density at radius 1 is 1.32 bits per heavy atom. The van der Waals surface area contributed by atoms with Gasteiger partial charge < -0.3 is 9.67 Å². The van der Waals surface area contributed by atoms with Gasteiger partial charge in [-0.15, -0.1) is 0 Å². The predicted octanol–water partition coefficient (Wildman–Crippen LogP) is 1.44. The summed E-state index contributed by atoms with van der Waals surface area (Å²) in [7, 11) is -3.80. The summed E-state index contributed by atoms with van der Waals surface area (Å²) >= 11 is 5.78. The molecular weight excluding hydrogens is 330 g/mol. The Bertz CT molecular complexity index is 847. The highest BCUT2D eigenvalue weighted by atomic mass is 35.5. The summed E-state index contributed by atoms with van der Waals surface area (Å²) in [5, 5.41) is 9.06. The van der Waals surface area contributed by atoms with Crippen LogP contribution in [0.3, 0.4) is 0 Å². The van der Waals surface area contributed by atoms with Crippen LogP contribution in [0, 0.1) is 0 Å². The SMILES string of the molecule is O=C(O)c1cc(S(=O)(=O)N2CCn3ccnc3C2)ccc1Cl. The van der Waals surface area contributed by atoms with Gasteiger partial charge in [-0.1, -0.05) is 11.6 Å². The number of rotatable bonds is 3. The van der Waals surface area contributed by atoms with Gasteiger partial charge in [-0.25, -0.2) is 18.2 Å². The van der Waals surface area contributed by atoms with Gasteiger partial charge in [0.1, 0.15) is 5.82 Å². The summed E-state index contributed by atoms with van der Waals surface area (Å²) in [6, 6.07) is 3.68. The van der Waals surface area contributed by atoms with Crippen LogP contribution in [0.4, 0.5) is 0 Å². The molecule has 116 valence electrons. The molecule has 0 fully saturated rings. The van der Waals surface area contributed by atoms with Gasteiger partial charge in [0.2, 0.25) is 10.0 Å². The van der Waals surface area contributed by atoms with Crippen molar-refractivity contribution in [3.8, 4) is 0 Å². The molecule has 0 atom stereocenters. The zero-order valence-corrected chi connectivity index (χ0v) is 12.9. The van der Waals surface area contributed by atoms with Crippen LogP contribution in [0.15, 0.2) is 35.5 Å². The Morgan fingerprint density at radius 3 is 2.82 bits per heavy atom. The lowest BCUT2D eigenvalue weighted by atomic mass is 10.2. The van der Waals surface area contributed by atoms with E-state index in [-0.39, 0.29) is 22.0 Å². The van der Waals surface area contributed by atoms with Crippen LogP contribution < -0.4 is 0 Å². The molecule has 1 aliphatic rings. The zero-order valence-electron chi connectivity index (χ0n) is 11.3. The molecule has 0 radical (unpaired) electrons. The maximum atomic E-state index is 12.7. The highest BCUT2D eigenvalue weighted by Gasteiger charge is 2.29. The largest absolute Gasteiger partial charge is 0.478 e. The fourth-order valence-corrected chi connectivity index (χ4v) is 3.95. The van der Waals surface area contributed by atoms with E-state index in [1.54, 1.807) is 12.4 Å². The number of aromatic carboxylic acids is 1. The molecule has 0 aliphatic carbocycles. The highest BCUT2D eigenvalue weighted by Crippen LogP contribution is 2.25. The van der Waals surface area contributed by atoms with E-state index in [4.69, 9.17) is 16.7 Å². The topological polar surface area (TPSA) is 92.5 Å². The third-order valence-electron chi connectivity index (χ3n) is 3.52. The van der Waals surface area contributed by atoms with Gasteiger partial charge in [-0.2, -0.15) is 4.31 Å². The third-order valence-corrected chi connectivity index (χ3v) is 5.69. The number of carboxylic acid groups (broad SMARTS) is 1. The smallest absolute Gasteiger partial charge is 0.337 e. The first kappa shape index (κ1) is 15.0. The number of aromatic nitrogens is 2. The van der Waals surface area contributed by atoms with Crippen LogP contribution in [0.1, 0.15) is 16.2 Å². The number of imidazole rings is 1. The first-order valence-corrected chi connectivity index (χ1v) is 8.24. The molecule has 2 heterocycles. The normalized spacial score (nSPS) is 15.5. The molecule has 0 bridgehead atoms. The summed E-state index contributed by atoms with van der Waals surface area (Å²) in [5.41, 5.74) is -0.235. The number of halogens is 1. The molecule has 1 aliphatic heterocycles. The number of carboxylic acids is 1. The molecular formula is C13H12ClN3O4S. The maximum Gasteiger partial charge on any atom is 0.337 e. The molecule has 0 unspecified atom stereocenters. The lowest BCUT2D eigenvalue weighted by Crippen LogP contribution is -2.38. The van der Waals surface area contributed by atoms with Gasteiger partial charge in [0.25, 0.3) is 0 Å². The highest BCUT2D eigenvalue weighted by molar-refractivity contribution is 7.89. The molecule has 0 saturated heterocycles. The zero-order chi connectivity index (χ0) is 15.9. The second kappa shape index (κ2) is 5.38. The first-order valence-electron chi connectivity index (χ1n) is 6.42. The van der Waals surface area contributed by atoms with Crippen molar-refractivity contribution in [1.29, 1.82) is 0 Å². The van der Waals surface area contributed by atoms with E-state index in [2.05, 4.69) is 4.98 Å². The van der Waals surface area contributed by atoms with Gasteiger partial charge >= 0.3 is 5.97 Å². The lowest BCUT2D eigenvalue weighted by Gasteiger charge is -2.27. The fraction of sp³-hybridized carbons (Fsp3) is 0.231. The van der Waals surface area contributed by atoms with E-state index >= 15 is 0 Å². The lowest BCUT2D eigenvalue weighted by molar-refractivity contribution is 0.0697. The number of sulfonamides is 1. The molecule has 0 amide bonds. The van der Waals surface area contributed by atoms with Gasteiger partial charge in [0, 0.05) is 25.5 Å². The van der Waals surface area contributed by atoms with Crippen LogP contribution in [0.2, 0.25) is 5.02 Å². The van der Waals surface area contributed by atoms with E-state index in [0.29, 0.717) is 18.9 Å². The average molecular weight is 342 g/mol. The van der Waals surface area contributed by atoms with Crippen molar-refractivity contribution in [2.45, 2.75) is 18.0 Å². The van der Waals surface area contributed by atoms with Gasteiger partial charge in [0.15, 0.2) is 0 Å². The Balaban J connectivity index is 1.97. The van der Waals surface area contributed by atoms with Crippen molar-refractivity contribution >= 4 is 27.6 Å². The Hall–Kier alpha value is -1.90. The number of nitrogens with zero attached hydrogens (tertiary/aromatic N) is 3. The Morgan fingerprint density at radius 2 is 2.09 bits per heavy atom. The van der Waals surface area contributed by atoms with Crippen molar-refractivity contribution in [1.82, 2.24) is 13.9 Å². The maximum absolute atomic E-state index is 12.7. The van der Waals surface area contributed by atoms with Crippen molar-refractivity contribution in [3.63, 3.8) is 0 Å². The molecule has 22 heavy (non-hydrogen) atoms. The number of benzene rings is 1. The standard InChI is InChI=1S/C13H12ClN3O4S/c14-11-2-1-9(7-10(11)13(18)19)22(20,21)17-6-5-16-4-3-15-12(16)8-17/h1-4,7H,5-6,8H2,(H,18,19). The van der Waals surface area contributed by atoms with Gasteiger partial charge in [-0.05, 0) is 18.2 Å².